The van der Waals surface area contributed by atoms with Gasteiger partial charge in [0.1, 0.15) is 18.8 Å². The van der Waals surface area contributed by atoms with Gasteiger partial charge >= 0.3 is 12.1 Å². The number of amides is 1. The molecule has 1 aliphatic rings. The van der Waals surface area contributed by atoms with Gasteiger partial charge in [0.15, 0.2) is 0 Å². The maximum absolute atomic E-state index is 12.6. The summed E-state index contributed by atoms with van der Waals surface area (Å²) in [6, 6.07) is 17.0. The van der Waals surface area contributed by atoms with E-state index >= 15 is 0 Å². The number of carbonyl (C=O) groups is 2. The molecule has 1 fully saturated rings. The van der Waals surface area contributed by atoms with E-state index in [2.05, 4.69) is 15.9 Å². The van der Waals surface area contributed by atoms with Gasteiger partial charge < -0.3 is 19.5 Å². The zero-order chi connectivity index (χ0) is 20.0. The predicted molar refractivity (Wildman–Crippen MR) is 107 cm³/mol. The van der Waals surface area contributed by atoms with Crippen LogP contribution in [-0.4, -0.2) is 41.8 Å². The van der Waals surface area contributed by atoms with E-state index in [0.717, 1.165) is 15.6 Å². The second-order valence-electron chi connectivity index (χ2n) is 6.75. The molecular formula is C21H22BrNO5. The molecule has 1 saturated heterocycles. The number of hydrogen-bond donors (Lipinski definition) is 1. The Hall–Kier alpha value is -2.38. The summed E-state index contributed by atoms with van der Waals surface area (Å²) in [6.45, 7) is 0.554. The van der Waals surface area contributed by atoms with Crippen molar-refractivity contribution in [3.05, 3.63) is 70.2 Å². The van der Waals surface area contributed by atoms with Crippen molar-refractivity contribution < 1.29 is 24.2 Å². The van der Waals surface area contributed by atoms with Gasteiger partial charge in [-0.15, -0.1) is 0 Å². The van der Waals surface area contributed by atoms with Crippen molar-refractivity contribution in [1.29, 1.82) is 0 Å². The van der Waals surface area contributed by atoms with Crippen LogP contribution in [0.2, 0.25) is 0 Å². The smallest absolute Gasteiger partial charge is 0.410 e. The molecule has 0 spiro atoms. The Labute approximate surface area is 172 Å². The van der Waals surface area contributed by atoms with Crippen LogP contribution in [0.1, 0.15) is 24.0 Å². The van der Waals surface area contributed by atoms with Gasteiger partial charge in [-0.1, -0.05) is 58.4 Å². The average Bonchev–Trinajstić information content (AvgIpc) is 2.72. The molecule has 1 atom stereocenters. The predicted octanol–water partition coefficient (Wildman–Crippen LogP) is 4.18. The summed E-state index contributed by atoms with van der Waals surface area (Å²) in [7, 11) is 0. The molecule has 1 heterocycles. The number of piperidine rings is 1. The van der Waals surface area contributed by atoms with Crippen molar-refractivity contribution >= 4 is 28.0 Å². The molecular weight excluding hydrogens is 426 g/mol. The molecule has 3 rings (SSSR count). The van der Waals surface area contributed by atoms with Crippen molar-refractivity contribution in [1.82, 2.24) is 4.90 Å². The van der Waals surface area contributed by atoms with Gasteiger partial charge in [-0.3, -0.25) is 0 Å². The second-order valence-corrected chi connectivity index (χ2v) is 7.66. The number of hydrogen-bond acceptors (Lipinski definition) is 4. The summed E-state index contributed by atoms with van der Waals surface area (Å²) in [5.74, 6) is -1.04. The number of benzene rings is 2. The molecule has 148 valence electrons. The third kappa shape index (κ3) is 5.11. The zero-order valence-corrected chi connectivity index (χ0v) is 16.9. The van der Waals surface area contributed by atoms with E-state index < -0.39 is 24.3 Å². The molecule has 0 aromatic heterocycles. The molecule has 1 N–H and O–H groups in total. The van der Waals surface area contributed by atoms with Gasteiger partial charge in [-0.25, -0.2) is 9.59 Å². The van der Waals surface area contributed by atoms with Crippen LogP contribution >= 0.6 is 15.9 Å². The monoisotopic (exact) mass is 447 g/mol. The number of carboxylic acid groups (broad SMARTS) is 1. The molecule has 7 heteroatoms. The summed E-state index contributed by atoms with van der Waals surface area (Å²) in [6.07, 6.45) is 0.893. The fourth-order valence-corrected chi connectivity index (χ4v) is 3.64. The van der Waals surface area contributed by atoms with Gasteiger partial charge in [-0.2, -0.15) is 0 Å². The largest absolute Gasteiger partial charge is 0.480 e. The van der Waals surface area contributed by atoms with E-state index in [1.165, 1.54) is 0 Å². The summed E-state index contributed by atoms with van der Waals surface area (Å²) in [5.41, 5.74) is 0.884. The minimum atomic E-state index is -1.04. The van der Waals surface area contributed by atoms with E-state index in [0.29, 0.717) is 19.4 Å². The first-order valence-corrected chi connectivity index (χ1v) is 9.85. The lowest BCUT2D eigenvalue weighted by molar-refractivity contribution is -0.155. The highest BCUT2D eigenvalue weighted by molar-refractivity contribution is 9.10. The average molecular weight is 448 g/mol. The van der Waals surface area contributed by atoms with Crippen molar-refractivity contribution in [2.24, 2.45) is 0 Å². The number of carboxylic acids is 1. The maximum Gasteiger partial charge on any atom is 0.410 e. The standard InChI is InChI=1S/C21H22BrNO5/c22-18-9-7-17(8-10-18)21(28-14-19(24)25)11-4-12-23(15-21)20(26)27-13-16-5-2-1-3-6-16/h1-3,5-10H,4,11-15H2,(H,24,25). The number of aliphatic carboxylic acids is 1. The Kier molecular flexibility index (Phi) is 6.70. The first kappa shape index (κ1) is 20.4. The fraction of sp³-hybridized carbons (Fsp3) is 0.333. The first-order chi connectivity index (χ1) is 13.5. The SMILES string of the molecule is O=C(O)COC1(c2ccc(Br)cc2)CCCN(C(=O)OCc2ccccc2)C1. The lowest BCUT2D eigenvalue weighted by atomic mass is 9.85. The number of rotatable bonds is 6. The molecule has 2 aromatic rings. The molecule has 0 radical (unpaired) electrons. The van der Waals surface area contributed by atoms with Gasteiger partial charge in [-0.05, 0) is 36.1 Å². The minimum absolute atomic E-state index is 0.192. The van der Waals surface area contributed by atoms with Gasteiger partial charge in [0, 0.05) is 11.0 Å². The third-order valence-corrected chi connectivity index (χ3v) is 5.29. The zero-order valence-electron chi connectivity index (χ0n) is 15.3. The Morgan fingerprint density at radius 1 is 1.11 bits per heavy atom. The highest BCUT2D eigenvalue weighted by atomic mass is 79.9. The quantitative estimate of drug-likeness (QED) is 0.718. The van der Waals surface area contributed by atoms with Crippen LogP contribution < -0.4 is 0 Å². The highest BCUT2D eigenvalue weighted by Gasteiger charge is 2.40. The number of ether oxygens (including phenoxy) is 2. The van der Waals surface area contributed by atoms with Gasteiger partial charge in [0.05, 0.1) is 6.54 Å². The Morgan fingerprint density at radius 2 is 1.82 bits per heavy atom. The third-order valence-electron chi connectivity index (χ3n) is 4.76. The lowest BCUT2D eigenvalue weighted by Gasteiger charge is -2.42. The Balaban J connectivity index is 1.74. The Bertz CT molecular complexity index is 811. The number of nitrogens with zero attached hydrogens (tertiary/aromatic N) is 1. The highest BCUT2D eigenvalue weighted by Crippen LogP contribution is 2.36. The summed E-state index contributed by atoms with van der Waals surface area (Å²) < 4.78 is 12.2. The van der Waals surface area contributed by atoms with Crippen LogP contribution in [0.3, 0.4) is 0 Å². The summed E-state index contributed by atoms with van der Waals surface area (Å²) in [4.78, 5) is 25.3. The topological polar surface area (TPSA) is 76.1 Å². The molecule has 28 heavy (non-hydrogen) atoms. The summed E-state index contributed by atoms with van der Waals surface area (Å²) >= 11 is 3.41. The van der Waals surface area contributed by atoms with E-state index in [1.54, 1.807) is 4.90 Å². The van der Waals surface area contributed by atoms with Gasteiger partial charge in [0.25, 0.3) is 0 Å². The van der Waals surface area contributed by atoms with Crippen molar-refractivity contribution in [3.63, 3.8) is 0 Å². The Morgan fingerprint density at radius 3 is 2.50 bits per heavy atom. The molecule has 1 aliphatic heterocycles. The van der Waals surface area contributed by atoms with Gasteiger partial charge in [0.2, 0.25) is 0 Å². The normalized spacial score (nSPS) is 19.2. The van der Waals surface area contributed by atoms with Crippen LogP contribution in [-0.2, 0) is 26.5 Å². The first-order valence-electron chi connectivity index (χ1n) is 9.06. The molecule has 0 aliphatic carbocycles. The maximum atomic E-state index is 12.6. The second kappa shape index (κ2) is 9.21. The van der Waals surface area contributed by atoms with Crippen LogP contribution in [0, 0.1) is 0 Å². The van der Waals surface area contributed by atoms with Crippen molar-refractivity contribution in [2.75, 3.05) is 19.7 Å². The van der Waals surface area contributed by atoms with E-state index in [4.69, 9.17) is 14.6 Å². The van der Waals surface area contributed by atoms with Crippen molar-refractivity contribution in [3.8, 4) is 0 Å². The minimum Gasteiger partial charge on any atom is -0.480 e. The summed E-state index contributed by atoms with van der Waals surface area (Å²) in [5, 5.41) is 9.10. The molecule has 2 aromatic carbocycles. The van der Waals surface area contributed by atoms with Crippen LogP contribution in [0.5, 0.6) is 0 Å². The number of likely N-dealkylation sites (tertiary alicyclic amines) is 1. The molecule has 6 nitrogen and oxygen atoms in total. The molecule has 0 saturated carbocycles. The number of halogens is 1. The van der Waals surface area contributed by atoms with Crippen molar-refractivity contribution in [2.45, 2.75) is 25.0 Å². The lowest BCUT2D eigenvalue weighted by Crippen LogP contribution is -2.50. The molecule has 0 bridgehead atoms. The molecule has 1 unspecified atom stereocenters. The van der Waals surface area contributed by atoms with E-state index in [1.807, 2.05) is 54.6 Å². The van der Waals surface area contributed by atoms with Crippen LogP contribution in [0.15, 0.2) is 59.1 Å². The van der Waals surface area contributed by atoms with E-state index in [9.17, 15) is 9.59 Å². The number of carbonyl (C=O) groups excluding carboxylic acids is 1. The molecule has 1 amide bonds. The fourth-order valence-electron chi connectivity index (χ4n) is 3.38. The van der Waals surface area contributed by atoms with E-state index in [-0.39, 0.29) is 13.2 Å². The van der Waals surface area contributed by atoms with Crippen LogP contribution in [0.4, 0.5) is 4.79 Å². The van der Waals surface area contributed by atoms with Crippen LogP contribution in [0.25, 0.3) is 0 Å².